The molecule has 3 rings (SSSR count). The molecule has 6 nitrogen and oxygen atoms in total. The summed E-state index contributed by atoms with van der Waals surface area (Å²) >= 11 is 3.07. The fourth-order valence-corrected chi connectivity index (χ4v) is 4.19. The quantitative estimate of drug-likeness (QED) is 0.788. The number of thioether (sulfide) groups is 1. The highest BCUT2D eigenvalue weighted by Crippen LogP contribution is 2.34. The number of anilines is 1. The van der Waals surface area contributed by atoms with Gasteiger partial charge in [0.05, 0.1) is 21.0 Å². The predicted octanol–water partition coefficient (Wildman–Crippen LogP) is 3.11. The second-order valence-electron chi connectivity index (χ2n) is 6.23. The van der Waals surface area contributed by atoms with E-state index in [9.17, 15) is 9.59 Å². The van der Waals surface area contributed by atoms with Crippen molar-refractivity contribution in [3.8, 4) is 0 Å². The number of thiophene rings is 1. The molecule has 0 fully saturated rings. The molecule has 1 aliphatic heterocycles. The van der Waals surface area contributed by atoms with E-state index >= 15 is 0 Å². The Labute approximate surface area is 160 Å². The third-order valence-corrected chi connectivity index (χ3v) is 6.49. The molecule has 1 aromatic heterocycles. The van der Waals surface area contributed by atoms with E-state index in [1.54, 1.807) is 18.8 Å². The third kappa shape index (κ3) is 3.61. The molecule has 0 aliphatic carbocycles. The van der Waals surface area contributed by atoms with Crippen LogP contribution in [0.3, 0.4) is 0 Å². The van der Waals surface area contributed by atoms with Crippen molar-refractivity contribution in [3.63, 3.8) is 0 Å². The van der Waals surface area contributed by atoms with Crippen molar-refractivity contribution < 1.29 is 9.59 Å². The lowest BCUT2D eigenvalue weighted by Crippen LogP contribution is -2.47. The lowest BCUT2D eigenvalue weighted by Gasteiger charge is -2.33. The van der Waals surface area contributed by atoms with Crippen molar-refractivity contribution in [1.29, 1.82) is 0 Å². The second kappa shape index (κ2) is 7.13. The lowest BCUT2D eigenvalue weighted by atomic mass is 9.87. The molecule has 2 amide bonds. The predicted molar refractivity (Wildman–Crippen MR) is 107 cm³/mol. The number of aliphatic imine (C=N–C) groups is 1. The molecule has 26 heavy (non-hydrogen) atoms. The Morgan fingerprint density at radius 1 is 1.38 bits per heavy atom. The van der Waals surface area contributed by atoms with Crippen molar-refractivity contribution in [2.45, 2.75) is 23.1 Å². The van der Waals surface area contributed by atoms with Gasteiger partial charge in [-0.05, 0) is 43.0 Å². The summed E-state index contributed by atoms with van der Waals surface area (Å²) in [6.07, 6.45) is 2.20. The number of nitrogens with one attached hydrogen (secondary N) is 1. The van der Waals surface area contributed by atoms with Crippen molar-refractivity contribution in [2.75, 3.05) is 18.6 Å². The summed E-state index contributed by atoms with van der Waals surface area (Å²) in [7, 11) is 1.61. The smallest absolute Gasteiger partial charge is 0.265 e. The molecule has 0 spiro atoms. The van der Waals surface area contributed by atoms with E-state index in [1.165, 1.54) is 16.2 Å². The summed E-state index contributed by atoms with van der Waals surface area (Å²) in [6, 6.07) is 11.1. The van der Waals surface area contributed by atoms with Gasteiger partial charge in [0.2, 0.25) is 5.91 Å². The molecular formula is C18H20N4O2S2. The Morgan fingerprint density at radius 3 is 2.81 bits per heavy atom. The van der Waals surface area contributed by atoms with Gasteiger partial charge in [-0.3, -0.25) is 14.5 Å². The SMILES string of the molecule is CSc1ccc(C(=O)Nc2cccc(C3(C)CC(=O)N(C)C(N)=N3)c2)s1. The molecule has 136 valence electrons. The Kier molecular flexibility index (Phi) is 5.06. The van der Waals surface area contributed by atoms with Gasteiger partial charge in [-0.1, -0.05) is 12.1 Å². The number of nitrogens with two attached hydrogens (primary N) is 1. The van der Waals surface area contributed by atoms with Crippen LogP contribution in [0, 0.1) is 0 Å². The highest BCUT2D eigenvalue weighted by Gasteiger charge is 2.36. The molecule has 1 aromatic carbocycles. The Balaban J connectivity index is 1.84. The van der Waals surface area contributed by atoms with Gasteiger partial charge in [0.15, 0.2) is 5.96 Å². The first-order chi connectivity index (χ1) is 12.3. The van der Waals surface area contributed by atoms with Crippen LogP contribution >= 0.6 is 23.1 Å². The number of guanidine groups is 1. The van der Waals surface area contributed by atoms with Gasteiger partial charge in [-0.25, -0.2) is 4.99 Å². The van der Waals surface area contributed by atoms with E-state index in [2.05, 4.69) is 10.3 Å². The summed E-state index contributed by atoms with van der Waals surface area (Å²) in [4.78, 5) is 31.1. The molecule has 2 aromatic rings. The van der Waals surface area contributed by atoms with Gasteiger partial charge in [0.25, 0.3) is 5.91 Å². The van der Waals surface area contributed by atoms with Gasteiger partial charge in [-0.2, -0.15) is 0 Å². The molecule has 2 heterocycles. The van der Waals surface area contributed by atoms with E-state index < -0.39 is 5.54 Å². The minimum absolute atomic E-state index is 0.0855. The summed E-state index contributed by atoms with van der Waals surface area (Å²) in [6.45, 7) is 1.87. The number of benzene rings is 1. The van der Waals surface area contributed by atoms with Gasteiger partial charge >= 0.3 is 0 Å². The monoisotopic (exact) mass is 388 g/mol. The number of carbonyl (C=O) groups excluding carboxylic acids is 2. The molecule has 0 radical (unpaired) electrons. The van der Waals surface area contributed by atoms with E-state index in [4.69, 9.17) is 5.73 Å². The van der Waals surface area contributed by atoms with Gasteiger partial charge in [-0.15, -0.1) is 23.1 Å². The first kappa shape index (κ1) is 18.5. The van der Waals surface area contributed by atoms with Crippen LogP contribution in [0.25, 0.3) is 0 Å². The summed E-state index contributed by atoms with van der Waals surface area (Å²) in [5.74, 6) is -0.0425. The van der Waals surface area contributed by atoms with Gasteiger partial charge in [0.1, 0.15) is 0 Å². The van der Waals surface area contributed by atoms with E-state index in [0.717, 1.165) is 9.77 Å². The zero-order valence-electron chi connectivity index (χ0n) is 14.8. The molecule has 1 atom stereocenters. The fraction of sp³-hybridized carbons (Fsp3) is 0.278. The van der Waals surface area contributed by atoms with Gasteiger partial charge in [0, 0.05) is 12.7 Å². The summed E-state index contributed by atoms with van der Waals surface area (Å²) in [5, 5.41) is 2.91. The highest BCUT2D eigenvalue weighted by atomic mass is 32.2. The Morgan fingerprint density at radius 2 is 2.15 bits per heavy atom. The largest absolute Gasteiger partial charge is 0.369 e. The number of carbonyl (C=O) groups is 2. The van der Waals surface area contributed by atoms with Crippen LogP contribution in [0.15, 0.2) is 45.6 Å². The van der Waals surface area contributed by atoms with Crippen LogP contribution in [0.2, 0.25) is 0 Å². The zero-order valence-corrected chi connectivity index (χ0v) is 16.4. The van der Waals surface area contributed by atoms with Crippen molar-refractivity contribution in [2.24, 2.45) is 10.7 Å². The van der Waals surface area contributed by atoms with Crippen molar-refractivity contribution >= 4 is 46.6 Å². The standard InChI is InChI=1S/C18H20N4O2S2/c1-18(10-14(23)22(2)17(19)21-18)11-5-4-6-12(9-11)20-16(24)13-7-8-15(25-3)26-13/h4-9H,10H2,1-3H3,(H2,19,21)(H,20,24). The van der Waals surface area contributed by atoms with Gasteiger partial charge < -0.3 is 11.1 Å². The summed E-state index contributed by atoms with van der Waals surface area (Å²) < 4.78 is 1.09. The maximum atomic E-state index is 12.4. The number of hydrogen-bond acceptors (Lipinski definition) is 6. The molecule has 0 saturated heterocycles. The first-order valence-electron chi connectivity index (χ1n) is 8.00. The van der Waals surface area contributed by atoms with E-state index in [0.29, 0.717) is 10.6 Å². The Bertz CT molecular complexity index is 893. The zero-order chi connectivity index (χ0) is 18.9. The average Bonchev–Trinajstić information content (AvgIpc) is 3.09. The minimum atomic E-state index is -0.747. The normalized spacial score (nSPS) is 20.0. The average molecular weight is 389 g/mol. The van der Waals surface area contributed by atoms with Crippen LogP contribution in [0.4, 0.5) is 5.69 Å². The number of rotatable bonds is 4. The number of nitrogens with zero attached hydrogens (tertiary/aromatic N) is 2. The fourth-order valence-electron chi connectivity index (χ4n) is 2.75. The van der Waals surface area contributed by atoms with E-state index in [1.807, 2.05) is 49.6 Å². The molecule has 0 saturated carbocycles. The molecule has 3 N–H and O–H groups in total. The molecular weight excluding hydrogens is 368 g/mol. The lowest BCUT2D eigenvalue weighted by molar-refractivity contribution is -0.128. The maximum absolute atomic E-state index is 12.4. The van der Waals surface area contributed by atoms with Crippen LogP contribution in [0.1, 0.15) is 28.6 Å². The Hall–Kier alpha value is -2.32. The van der Waals surface area contributed by atoms with Crippen molar-refractivity contribution in [1.82, 2.24) is 4.90 Å². The molecule has 1 unspecified atom stereocenters. The van der Waals surface area contributed by atoms with E-state index in [-0.39, 0.29) is 24.2 Å². The van der Waals surface area contributed by atoms with Crippen LogP contribution in [-0.2, 0) is 10.3 Å². The molecule has 0 bridgehead atoms. The van der Waals surface area contributed by atoms with Crippen molar-refractivity contribution in [3.05, 3.63) is 46.8 Å². The second-order valence-corrected chi connectivity index (χ2v) is 8.42. The number of amides is 2. The topological polar surface area (TPSA) is 87.8 Å². The van der Waals surface area contributed by atoms with Crippen LogP contribution in [0.5, 0.6) is 0 Å². The van der Waals surface area contributed by atoms with Crippen LogP contribution < -0.4 is 11.1 Å². The first-order valence-corrected chi connectivity index (χ1v) is 10.0. The molecule has 1 aliphatic rings. The maximum Gasteiger partial charge on any atom is 0.265 e. The summed E-state index contributed by atoms with van der Waals surface area (Å²) in [5.41, 5.74) is 6.62. The highest BCUT2D eigenvalue weighted by molar-refractivity contribution is 8.00. The molecule has 8 heteroatoms. The van der Waals surface area contributed by atoms with Crippen LogP contribution in [-0.4, -0.2) is 36.0 Å². The minimum Gasteiger partial charge on any atom is -0.369 e. The number of hydrogen-bond donors (Lipinski definition) is 2. The third-order valence-electron chi connectivity index (χ3n) is 4.32.